The van der Waals surface area contributed by atoms with Gasteiger partial charge >= 0.3 is 5.97 Å². The Morgan fingerprint density at radius 1 is 1.35 bits per heavy atom. The van der Waals surface area contributed by atoms with Crippen LogP contribution in [-0.2, 0) is 7.05 Å². The molecule has 0 aromatic carbocycles. The van der Waals surface area contributed by atoms with E-state index in [2.05, 4.69) is 4.98 Å². The van der Waals surface area contributed by atoms with Crippen LogP contribution in [-0.4, -0.2) is 20.6 Å². The second-order valence-corrected chi connectivity index (χ2v) is 3.60. The third-order valence-electron chi connectivity index (χ3n) is 2.39. The Bertz CT molecular complexity index is 632. The molecule has 0 aliphatic rings. The largest absolute Gasteiger partial charge is 0.478 e. The number of pyridine rings is 2. The fourth-order valence-corrected chi connectivity index (χ4v) is 1.47. The van der Waals surface area contributed by atoms with Gasteiger partial charge in [-0.2, -0.15) is 0 Å². The highest BCUT2D eigenvalue weighted by Gasteiger charge is 2.06. The zero-order chi connectivity index (χ0) is 12.4. The summed E-state index contributed by atoms with van der Waals surface area (Å²) in [7, 11) is 1.63. The highest BCUT2D eigenvalue weighted by molar-refractivity contribution is 5.88. The average molecular weight is 230 g/mol. The summed E-state index contributed by atoms with van der Waals surface area (Å²) in [6.45, 7) is 0. The Morgan fingerprint density at radius 3 is 2.76 bits per heavy atom. The number of hydrogen-bond acceptors (Lipinski definition) is 3. The molecule has 0 amide bonds. The number of hydrogen-bond donors (Lipinski definition) is 1. The Morgan fingerprint density at radius 2 is 2.12 bits per heavy atom. The molecule has 2 heterocycles. The topological polar surface area (TPSA) is 72.2 Å². The Labute approximate surface area is 97.0 Å². The highest BCUT2D eigenvalue weighted by Crippen LogP contribution is 2.15. The van der Waals surface area contributed by atoms with Crippen LogP contribution in [0.2, 0.25) is 0 Å². The monoisotopic (exact) mass is 230 g/mol. The lowest BCUT2D eigenvalue weighted by Crippen LogP contribution is -2.14. The van der Waals surface area contributed by atoms with E-state index >= 15 is 0 Å². The smallest absolute Gasteiger partial charge is 0.335 e. The zero-order valence-electron chi connectivity index (χ0n) is 9.12. The van der Waals surface area contributed by atoms with E-state index in [0.717, 1.165) is 0 Å². The van der Waals surface area contributed by atoms with Crippen LogP contribution >= 0.6 is 0 Å². The minimum Gasteiger partial charge on any atom is -0.478 e. The van der Waals surface area contributed by atoms with Crippen LogP contribution in [0.15, 0.2) is 41.5 Å². The van der Waals surface area contributed by atoms with Crippen molar-refractivity contribution in [3.05, 3.63) is 52.6 Å². The SMILES string of the molecule is Cn1cc(-c2cc(C(=O)O)ccn2)ccc1=O. The first-order valence-corrected chi connectivity index (χ1v) is 4.94. The van der Waals surface area contributed by atoms with E-state index in [1.807, 2.05) is 0 Å². The fourth-order valence-electron chi connectivity index (χ4n) is 1.47. The summed E-state index contributed by atoms with van der Waals surface area (Å²) in [5.74, 6) is -1.00. The van der Waals surface area contributed by atoms with E-state index in [-0.39, 0.29) is 11.1 Å². The van der Waals surface area contributed by atoms with Gasteiger partial charge in [0.05, 0.1) is 11.3 Å². The number of carboxylic acid groups (broad SMARTS) is 1. The van der Waals surface area contributed by atoms with Gasteiger partial charge in [0.1, 0.15) is 0 Å². The van der Waals surface area contributed by atoms with E-state index < -0.39 is 5.97 Å². The number of rotatable bonds is 2. The van der Waals surface area contributed by atoms with Gasteiger partial charge in [0.15, 0.2) is 0 Å². The summed E-state index contributed by atoms with van der Waals surface area (Å²) in [4.78, 5) is 26.1. The third kappa shape index (κ3) is 2.23. The Hall–Kier alpha value is -2.43. The van der Waals surface area contributed by atoms with Gasteiger partial charge < -0.3 is 9.67 Å². The lowest BCUT2D eigenvalue weighted by atomic mass is 10.1. The van der Waals surface area contributed by atoms with Crippen molar-refractivity contribution >= 4 is 5.97 Å². The molecule has 0 fully saturated rings. The molecule has 5 heteroatoms. The molecule has 0 aliphatic carbocycles. The molecule has 0 saturated heterocycles. The van der Waals surface area contributed by atoms with Crippen LogP contribution < -0.4 is 5.56 Å². The first kappa shape index (κ1) is 11.1. The minimum atomic E-state index is -1.00. The molecular weight excluding hydrogens is 220 g/mol. The number of carboxylic acids is 1. The number of aromatic nitrogens is 2. The standard InChI is InChI=1S/C12H10N2O3/c1-14-7-9(2-3-11(14)15)10-6-8(12(16)17)4-5-13-10/h2-7H,1H3,(H,16,17). The lowest BCUT2D eigenvalue weighted by molar-refractivity contribution is 0.0697. The van der Waals surface area contributed by atoms with E-state index in [4.69, 9.17) is 5.11 Å². The first-order chi connectivity index (χ1) is 8.08. The molecule has 0 aliphatic heterocycles. The van der Waals surface area contributed by atoms with Crippen LogP contribution in [0.1, 0.15) is 10.4 Å². The van der Waals surface area contributed by atoms with Crippen molar-refractivity contribution in [1.29, 1.82) is 0 Å². The molecule has 86 valence electrons. The molecule has 2 aromatic rings. The van der Waals surface area contributed by atoms with Crippen molar-refractivity contribution < 1.29 is 9.90 Å². The van der Waals surface area contributed by atoms with Gasteiger partial charge in [0.25, 0.3) is 0 Å². The number of aryl methyl sites for hydroxylation is 1. The van der Waals surface area contributed by atoms with Crippen molar-refractivity contribution in [3.8, 4) is 11.3 Å². The summed E-state index contributed by atoms with van der Waals surface area (Å²) in [5, 5.41) is 8.87. The molecule has 1 N–H and O–H groups in total. The van der Waals surface area contributed by atoms with Crippen LogP contribution in [0.3, 0.4) is 0 Å². The van der Waals surface area contributed by atoms with E-state index in [0.29, 0.717) is 11.3 Å². The van der Waals surface area contributed by atoms with Crippen LogP contribution in [0.25, 0.3) is 11.3 Å². The molecule has 0 saturated carbocycles. The van der Waals surface area contributed by atoms with Crippen molar-refractivity contribution in [2.45, 2.75) is 0 Å². The molecule has 2 rings (SSSR count). The summed E-state index contributed by atoms with van der Waals surface area (Å²) in [6.07, 6.45) is 3.06. The van der Waals surface area contributed by atoms with E-state index in [1.165, 1.54) is 29.0 Å². The quantitative estimate of drug-likeness (QED) is 0.839. The second-order valence-electron chi connectivity index (χ2n) is 3.60. The van der Waals surface area contributed by atoms with Gasteiger partial charge in [-0.1, -0.05) is 0 Å². The first-order valence-electron chi connectivity index (χ1n) is 4.94. The summed E-state index contributed by atoms with van der Waals surface area (Å²) in [5.41, 5.74) is 1.28. The van der Waals surface area contributed by atoms with E-state index in [1.54, 1.807) is 19.3 Å². The second kappa shape index (κ2) is 4.21. The number of nitrogens with zero attached hydrogens (tertiary/aromatic N) is 2. The number of aromatic carboxylic acids is 1. The molecule has 0 spiro atoms. The van der Waals surface area contributed by atoms with Gasteiger partial charge in [0, 0.05) is 31.1 Å². The van der Waals surface area contributed by atoms with Crippen molar-refractivity contribution in [1.82, 2.24) is 9.55 Å². The molecule has 0 atom stereocenters. The molecule has 0 bridgehead atoms. The number of carbonyl (C=O) groups is 1. The van der Waals surface area contributed by atoms with Gasteiger partial charge in [-0.25, -0.2) is 4.79 Å². The third-order valence-corrected chi connectivity index (χ3v) is 2.39. The van der Waals surface area contributed by atoms with Gasteiger partial charge in [-0.3, -0.25) is 9.78 Å². The molecular formula is C12H10N2O3. The predicted molar refractivity (Wildman–Crippen MR) is 61.9 cm³/mol. The molecule has 0 radical (unpaired) electrons. The van der Waals surface area contributed by atoms with Crippen LogP contribution in [0.4, 0.5) is 0 Å². The lowest BCUT2D eigenvalue weighted by Gasteiger charge is -2.03. The maximum absolute atomic E-state index is 11.2. The summed E-state index contributed by atoms with van der Waals surface area (Å²) < 4.78 is 1.42. The Kier molecular flexibility index (Phi) is 2.74. The van der Waals surface area contributed by atoms with Crippen LogP contribution in [0, 0.1) is 0 Å². The molecule has 2 aromatic heterocycles. The predicted octanol–water partition coefficient (Wildman–Crippen LogP) is 1.15. The van der Waals surface area contributed by atoms with E-state index in [9.17, 15) is 9.59 Å². The maximum Gasteiger partial charge on any atom is 0.335 e. The fraction of sp³-hybridized carbons (Fsp3) is 0.0833. The Balaban J connectivity index is 2.52. The summed E-state index contributed by atoms with van der Waals surface area (Å²) in [6, 6.07) is 5.94. The van der Waals surface area contributed by atoms with Crippen molar-refractivity contribution in [3.63, 3.8) is 0 Å². The average Bonchev–Trinajstić information content (AvgIpc) is 2.33. The molecule has 5 nitrogen and oxygen atoms in total. The molecule has 17 heavy (non-hydrogen) atoms. The van der Waals surface area contributed by atoms with Crippen molar-refractivity contribution in [2.24, 2.45) is 7.05 Å². The van der Waals surface area contributed by atoms with Crippen LogP contribution in [0.5, 0.6) is 0 Å². The van der Waals surface area contributed by atoms with Crippen molar-refractivity contribution in [2.75, 3.05) is 0 Å². The van der Waals surface area contributed by atoms with Gasteiger partial charge in [-0.15, -0.1) is 0 Å². The zero-order valence-corrected chi connectivity index (χ0v) is 9.12. The van der Waals surface area contributed by atoms with Gasteiger partial charge in [-0.05, 0) is 18.2 Å². The molecule has 0 unspecified atom stereocenters. The van der Waals surface area contributed by atoms with Gasteiger partial charge in [0.2, 0.25) is 5.56 Å². The highest BCUT2D eigenvalue weighted by atomic mass is 16.4. The summed E-state index contributed by atoms with van der Waals surface area (Å²) >= 11 is 0. The normalized spacial score (nSPS) is 10.2. The minimum absolute atomic E-state index is 0.122. The maximum atomic E-state index is 11.2.